The number of hydrogen-bond donors (Lipinski definition) is 6. The largest absolute Gasteiger partial charge is 0.481 e. The lowest BCUT2D eigenvalue weighted by molar-refractivity contribution is -0.138. The van der Waals surface area contributed by atoms with Gasteiger partial charge >= 0.3 is 5.97 Å². The second kappa shape index (κ2) is 18.2. The summed E-state index contributed by atoms with van der Waals surface area (Å²) in [7, 11) is 0. The van der Waals surface area contributed by atoms with Gasteiger partial charge in [0.15, 0.2) is 0 Å². The molecule has 0 bridgehead atoms. The normalized spacial score (nSPS) is 23.0. The number of aromatic nitrogens is 2. The zero-order chi connectivity index (χ0) is 35.6. The molecule has 2 saturated carbocycles. The number of piperidine rings is 2. The van der Waals surface area contributed by atoms with E-state index in [0.717, 1.165) is 69.3 Å². The minimum absolute atomic E-state index is 0.000505. The third-order valence-electron chi connectivity index (χ3n) is 11.9. The number of aliphatic carboxylic acids is 1. The Morgan fingerprint density at radius 2 is 1.25 bits per heavy atom. The fraction of sp³-hybridized carbons (Fsp3) is 0.571. The van der Waals surface area contributed by atoms with Gasteiger partial charge in [-0.15, -0.1) is 0 Å². The molecule has 1 amide bonds. The van der Waals surface area contributed by atoms with Gasteiger partial charge in [0.1, 0.15) is 0 Å². The van der Waals surface area contributed by atoms with Crippen molar-refractivity contribution >= 4 is 33.7 Å². The molecule has 4 fully saturated rings. The second-order valence-electron chi connectivity index (χ2n) is 15.2. The molecule has 9 heteroatoms. The number of likely N-dealkylation sites (tertiary alicyclic amines) is 1. The summed E-state index contributed by atoms with van der Waals surface area (Å²) in [5.41, 5.74) is 5.95. The summed E-state index contributed by atoms with van der Waals surface area (Å²) in [6.07, 6.45) is 22.2. The third-order valence-corrected chi connectivity index (χ3v) is 11.9. The molecule has 51 heavy (non-hydrogen) atoms. The van der Waals surface area contributed by atoms with E-state index in [1.165, 1.54) is 89.2 Å². The number of fused-ring (bicyclic) bond motifs is 4. The number of carbonyl (C=O) groups excluding carboxylic acids is 1. The van der Waals surface area contributed by atoms with Crippen LogP contribution in [-0.2, 0) is 35.6 Å². The number of amides is 1. The molecule has 8 rings (SSSR count). The standard InChI is InChI=1S/C21H28N2O2.C12H13NO3.C9H17N/c24-14-15-7-9-19-18(12-15)17(13-22-19)8-10-21(25)23-11-3-5-16-4-1-2-6-20(16)23;14-7-8-1-3-11-10(5-8)9(6-13-11)2-4-12(15)16;1-2-6-9-8(4-1)5-3-7-10-9/h7,9,12-13,16,20,22,24H,1-6,8,10-11,14H2;1,3,5-6,13-14H,2,4,7H2,(H,15,16);8-10H,1-7H2. The summed E-state index contributed by atoms with van der Waals surface area (Å²) in [6, 6.07) is 13.0. The first-order chi connectivity index (χ1) is 24.9. The van der Waals surface area contributed by atoms with Crippen molar-refractivity contribution in [3.05, 3.63) is 71.0 Å². The maximum Gasteiger partial charge on any atom is 0.303 e. The summed E-state index contributed by atoms with van der Waals surface area (Å²) in [5, 5.41) is 32.8. The predicted molar refractivity (Wildman–Crippen MR) is 202 cm³/mol. The highest BCUT2D eigenvalue weighted by Crippen LogP contribution is 2.36. The number of nitrogens with zero attached hydrogens (tertiary/aromatic N) is 1. The minimum atomic E-state index is -0.798. The zero-order valence-corrected chi connectivity index (χ0v) is 30.2. The number of rotatable bonds is 8. The number of aliphatic hydroxyl groups is 2. The summed E-state index contributed by atoms with van der Waals surface area (Å²) < 4.78 is 0. The molecule has 4 heterocycles. The Labute approximate surface area is 302 Å². The molecule has 9 nitrogen and oxygen atoms in total. The number of H-pyrrole nitrogens is 2. The van der Waals surface area contributed by atoms with E-state index in [4.69, 9.17) is 10.2 Å². The zero-order valence-electron chi connectivity index (χ0n) is 30.2. The van der Waals surface area contributed by atoms with Gasteiger partial charge in [0.2, 0.25) is 5.91 Å². The smallest absolute Gasteiger partial charge is 0.303 e. The van der Waals surface area contributed by atoms with Gasteiger partial charge in [0, 0.05) is 65.7 Å². The number of aryl methyl sites for hydroxylation is 2. The van der Waals surface area contributed by atoms with E-state index in [1.54, 1.807) is 0 Å². The monoisotopic (exact) mass is 698 g/mol. The van der Waals surface area contributed by atoms with Gasteiger partial charge in [-0.25, -0.2) is 0 Å². The average molecular weight is 699 g/mol. The molecule has 2 aliphatic carbocycles. The second-order valence-corrected chi connectivity index (χ2v) is 15.2. The van der Waals surface area contributed by atoms with Crippen LogP contribution in [-0.4, -0.2) is 67.2 Å². The molecule has 2 aliphatic heterocycles. The summed E-state index contributed by atoms with van der Waals surface area (Å²) >= 11 is 0. The van der Waals surface area contributed by atoms with Crippen LogP contribution in [0.5, 0.6) is 0 Å². The highest BCUT2D eigenvalue weighted by Gasteiger charge is 2.35. The summed E-state index contributed by atoms with van der Waals surface area (Å²) in [4.78, 5) is 32.0. The van der Waals surface area contributed by atoms with Gasteiger partial charge in [-0.1, -0.05) is 37.8 Å². The van der Waals surface area contributed by atoms with Crippen LogP contribution in [0.4, 0.5) is 0 Å². The van der Waals surface area contributed by atoms with Gasteiger partial charge < -0.3 is 35.5 Å². The molecular weight excluding hydrogens is 640 g/mol. The topological polar surface area (TPSA) is 142 Å². The Balaban J connectivity index is 0.000000146. The van der Waals surface area contributed by atoms with E-state index >= 15 is 0 Å². The van der Waals surface area contributed by atoms with E-state index in [0.29, 0.717) is 24.8 Å². The number of hydrogen-bond acceptors (Lipinski definition) is 5. The highest BCUT2D eigenvalue weighted by atomic mass is 16.4. The number of carboxylic acid groups (broad SMARTS) is 1. The van der Waals surface area contributed by atoms with Crippen LogP contribution >= 0.6 is 0 Å². The highest BCUT2D eigenvalue weighted by molar-refractivity contribution is 5.85. The van der Waals surface area contributed by atoms with Gasteiger partial charge in [-0.05, 0) is 129 Å². The van der Waals surface area contributed by atoms with Crippen molar-refractivity contribution in [2.45, 2.75) is 128 Å². The SMILES string of the molecule is C1CCC2NCCCC2C1.O=C(CCc1c[nH]c2ccc(CO)cc12)N1CCCC2CCCCC21.O=C(O)CCc1c[nH]c2ccc(CO)cc12. The summed E-state index contributed by atoms with van der Waals surface area (Å²) in [6.45, 7) is 2.28. The number of carboxylic acids is 1. The lowest BCUT2D eigenvalue weighted by Gasteiger charge is -2.44. The maximum absolute atomic E-state index is 12.9. The third kappa shape index (κ3) is 9.62. The number of aliphatic hydroxyl groups excluding tert-OH is 2. The molecule has 6 N–H and O–H groups in total. The molecule has 4 aliphatic rings. The lowest BCUT2D eigenvalue weighted by atomic mass is 9.78. The van der Waals surface area contributed by atoms with E-state index in [1.807, 2.05) is 48.8 Å². The molecule has 2 saturated heterocycles. The fourth-order valence-electron chi connectivity index (χ4n) is 9.10. The van der Waals surface area contributed by atoms with Crippen molar-refractivity contribution in [1.82, 2.24) is 20.2 Å². The fourth-order valence-corrected chi connectivity index (χ4v) is 9.10. The van der Waals surface area contributed by atoms with Crippen molar-refractivity contribution in [2.24, 2.45) is 11.8 Å². The Kier molecular flexibility index (Phi) is 13.2. The Hall–Kier alpha value is -3.66. The van der Waals surface area contributed by atoms with E-state index in [2.05, 4.69) is 20.2 Å². The first-order valence-electron chi connectivity index (χ1n) is 19.6. The van der Waals surface area contributed by atoms with Crippen LogP contribution in [0.2, 0.25) is 0 Å². The van der Waals surface area contributed by atoms with E-state index in [9.17, 15) is 14.7 Å². The van der Waals surface area contributed by atoms with Crippen molar-refractivity contribution in [3.8, 4) is 0 Å². The minimum Gasteiger partial charge on any atom is -0.481 e. The van der Waals surface area contributed by atoms with Gasteiger partial charge in [-0.3, -0.25) is 9.59 Å². The molecule has 2 aromatic carbocycles. The molecule has 4 aromatic rings. The molecular formula is C42H58N4O5. The van der Waals surface area contributed by atoms with Crippen LogP contribution in [0.25, 0.3) is 21.8 Å². The maximum atomic E-state index is 12.9. The molecule has 0 spiro atoms. The van der Waals surface area contributed by atoms with Crippen LogP contribution in [0, 0.1) is 11.8 Å². The molecule has 4 atom stereocenters. The van der Waals surface area contributed by atoms with Gasteiger partial charge in [-0.2, -0.15) is 0 Å². The van der Waals surface area contributed by atoms with Crippen molar-refractivity contribution in [3.63, 3.8) is 0 Å². The van der Waals surface area contributed by atoms with Crippen molar-refractivity contribution in [1.29, 1.82) is 0 Å². The van der Waals surface area contributed by atoms with Gasteiger partial charge in [0.25, 0.3) is 0 Å². The molecule has 0 radical (unpaired) electrons. The first-order valence-corrected chi connectivity index (χ1v) is 19.6. The summed E-state index contributed by atoms with van der Waals surface area (Å²) in [5.74, 6) is 1.31. The molecule has 276 valence electrons. The number of aromatic amines is 2. The quantitative estimate of drug-likeness (QED) is 0.113. The first kappa shape index (κ1) is 37.1. The van der Waals surface area contributed by atoms with Crippen LogP contribution < -0.4 is 5.32 Å². The van der Waals surface area contributed by atoms with Crippen LogP contribution in [0.15, 0.2) is 48.8 Å². The number of nitrogens with one attached hydrogen (secondary N) is 3. The number of carbonyl (C=O) groups is 2. The molecule has 2 aromatic heterocycles. The van der Waals surface area contributed by atoms with Gasteiger partial charge in [0.05, 0.1) is 13.2 Å². The molecule has 4 unspecified atom stereocenters. The van der Waals surface area contributed by atoms with Crippen LogP contribution in [0.3, 0.4) is 0 Å². The Bertz CT molecular complexity index is 1700. The van der Waals surface area contributed by atoms with E-state index < -0.39 is 5.97 Å². The Morgan fingerprint density at radius 3 is 1.88 bits per heavy atom. The number of benzene rings is 2. The predicted octanol–water partition coefficient (Wildman–Crippen LogP) is 7.38. The van der Waals surface area contributed by atoms with Crippen LogP contribution in [0.1, 0.15) is 112 Å². The van der Waals surface area contributed by atoms with Crippen molar-refractivity contribution in [2.75, 3.05) is 13.1 Å². The Morgan fingerprint density at radius 1 is 0.686 bits per heavy atom. The average Bonchev–Trinajstić information content (AvgIpc) is 3.79. The van der Waals surface area contributed by atoms with Crippen molar-refractivity contribution < 1.29 is 24.9 Å². The lowest BCUT2D eigenvalue weighted by Crippen LogP contribution is -2.49. The van der Waals surface area contributed by atoms with E-state index in [-0.39, 0.29) is 19.6 Å².